The Morgan fingerprint density at radius 3 is 2.79 bits per heavy atom. The number of halogens is 2. The van der Waals surface area contributed by atoms with E-state index < -0.39 is 5.82 Å². The van der Waals surface area contributed by atoms with E-state index in [1.807, 2.05) is 0 Å². The minimum absolute atomic E-state index is 0.200. The summed E-state index contributed by atoms with van der Waals surface area (Å²) in [6, 6.07) is 9.93. The van der Waals surface area contributed by atoms with E-state index in [2.05, 4.69) is 21.3 Å². The SMILES string of the molecule is COc1cc2c(Nc3ccc(Cl)cc3F)c(C#N)cnc2cc1OCCCN1CCOCC1. The topological polar surface area (TPSA) is 79.6 Å². The highest BCUT2D eigenvalue weighted by molar-refractivity contribution is 6.30. The second kappa shape index (κ2) is 10.7. The average Bonchev–Trinajstić information content (AvgIpc) is 2.83. The molecule has 0 bridgehead atoms. The first-order valence-corrected chi connectivity index (χ1v) is 11.0. The smallest absolute Gasteiger partial charge is 0.163 e. The minimum Gasteiger partial charge on any atom is -0.493 e. The van der Waals surface area contributed by atoms with Gasteiger partial charge in [0.15, 0.2) is 11.5 Å². The van der Waals surface area contributed by atoms with E-state index in [1.165, 1.54) is 18.3 Å². The zero-order valence-corrected chi connectivity index (χ0v) is 19.0. The summed E-state index contributed by atoms with van der Waals surface area (Å²) in [4.78, 5) is 6.74. The number of nitrogens with one attached hydrogen (secondary N) is 1. The Labute approximate surface area is 196 Å². The van der Waals surface area contributed by atoms with Crippen LogP contribution < -0.4 is 14.8 Å². The quantitative estimate of drug-likeness (QED) is 0.476. The van der Waals surface area contributed by atoms with Crippen LogP contribution in [0.1, 0.15) is 12.0 Å². The van der Waals surface area contributed by atoms with Crippen molar-refractivity contribution in [2.75, 3.05) is 51.9 Å². The van der Waals surface area contributed by atoms with Gasteiger partial charge in [-0.1, -0.05) is 11.6 Å². The van der Waals surface area contributed by atoms with Gasteiger partial charge in [0.2, 0.25) is 0 Å². The van der Waals surface area contributed by atoms with E-state index in [0.717, 1.165) is 39.3 Å². The maximum atomic E-state index is 14.4. The van der Waals surface area contributed by atoms with Crippen LogP contribution in [0.5, 0.6) is 11.5 Å². The van der Waals surface area contributed by atoms with Gasteiger partial charge >= 0.3 is 0 Å². The highest BCUT2D eigenvalue weighted by atomic mass is 35.5. The Hall–Kier alpha value is -3.12. The molecule has 0 spiro atoms. The first-order valence-electron chi connectivity index (χ1n) is 10.6. The predicted octanol–water partition coefficient (Wildman–Crippen LogP) is 4.75. The summed E-state index contributed by atoms with van der Waals surface area (Å²) in [5, 5.41) is 13.5. The second-order valence-electron chi connectivity index (χ2n) is 7.58. The van der Waals surface area contributed by atoms with Crippen molar-refractivity contribution in [3.05, 3.63) is 52.9 Å². The van der Waals surface area contributed by atoms with Crippen molar-refractivity contribution in [3.8, 4) is 17.6 Å². The third-order valence-electron chi connectivity index (χ3n) is 5.44. The highest BCUT2D eigenvalue weighted by Gasteiger charge is 2.16. The largest absolute Gasteiger partial charge is 0.493 e. The van der Waals surface area contributed by atoms with E-state index in [1.54, 1.807) is 25.3 Å². The van der Waals surface area contributed by atoms with Gasteiger partial charge in [-0.2, -0.15) is 5.26 Å². The van der Waals surface area contributed by atoms with Crippen LogP contribution in [0.4, 0.5) is 15.8 Å². The Balaban J connectivity index is 1.58. The van der Waals surface area contributed by atoms with Crippen LogP contribution in [-0.2, 0) is 4.74 Å². The number of nitrogens with zero attached hydrogens (tertiary/aromatic N) is 3. The number of nitriles is 1. The van der Waals surface area contributed by atoms with Gasteiger partial charge in [-0.3, -0.25) is 9.88 Å². The lowest BCUT2D eigenvalue weighted by atomic mass is 10.1. The van der Waals surface area contributed by atoms with Gasteiger partial charge in [0.25, 0.3) is 0 Å². The molecule has 0 atom stereocenters. The fraction of sp³-hybridized carbons (Fsp3) is 0.333. The standard InChI is InChI=1S/C24H24ClFN4O3/c1-31-22-12-18-21(13-23(22)33-8-2-5-30-6-9-32-10-7-30)28-15-16(14-27)24(18)29-20-4-3-17(25)11-19(20)26/h3-4,11-13,15H,2,5-10H2,1H3,(H,28,29). The van der Waals surface area contributed by atoms with Crippen molar-refractivity contribution in [2.45, 2.75) is 6.42 Å². The van der Waals surface area contributed by atoms with Crippen molar-refractivity contribution in [1.29, 1.82) is 5.26 Å². The normalized spacial score (nSPS) is 14.1. The molecule has 1 aliphatic rings. The second-order valence-corrected chi connectivity index (χ2v) is 8.02. The molecule has 33 heavy (non-hydrogen) atoms. The molecule has 2 heterocycles. The molecule has 3 aromatic rings. The predicted molar refractivity (Wildman–Crippen MR) is 125 cm³/mol. The summed E-state index contributed by atoms with van der Waals surface area (Å²) in [6.07, 6.45) is 2.32. The molecule has 172 valence electrons. The Morgan fingerprint density at radius 2 is 2.06 bits per heavy atom. The van der Waals surface area contributed by atoms with E-state index in [0.29, 0.717) is 34.7 Å². The van der Waals surface area contributed by atoms with E-state index >= 15 is 0 Å². The lowest BCUT2D eigenvalue weighted by molar-refractivity contribution is 0.0357. The third kappa shape index (κ3) is 5.45. The zero-order chi connectivity index (χ0) is 23.2. The maximum Gasteiger partial charge on any atom is 0.163 e. The van der Waals surface area contributed by atoms with Gasteiger partial charge in [-0.25, -0.2) is 4.39 Å². The fourth-order valence-electron chi connectivity index (χ4n) is 3.71. The monoisotopic (exact) mass is 470 g/mol. The molecule has 2 aromatic carbocycles. The van der Waals surface area contributed by atoms with Crippen LogP contribution in [0.15, 0.2) is 36.5 Å². The summed E-state index contributed by atoms with van der Waals surface area (Å²) in [5.41, 5.74) is 1.50. The van der Waals surface area contributed by atoms with Crippen molar-refractivity contribution < 1.29 is 18.6 Å². The van der Waals surface area contributed by atoms with Gasteiger partial charge in [0.1, 0.15) is 11.9 Å². The number of benzene rings is 2. The van der Waals surface area contributed by atoms with Gasteiger partial charge in [0.05, 0.1) is 49.4 Å². The third-order valence-corrected chi connectivity index (χ3v) is 5.68. The lowest BCUT2D eigenvalue weighted by Crippen LogP contribution is -2.37. The first-order chi connectivity index (χ1) is 16.1. The number of fused-ring (bicyclic) bond motifs is 1. The molecule has 4 rings (SSSR count). The minimum atomic E-state index is -0.525. The van der Waals surface area contributed by atoms with E-state index in [4.69, 9.17) is 25.8 Å². The Morgan fingerprint density at radius 1 is 1.24 bits per heavy atom. The number of hydrogen-bond acceptors (Lipinski definition) is 7. The van der Waals surface area contributed by atoms with Crippen LogP contribution in [0.2, 0.25) is 5.02 Å². The molecular weight excluding hydrogens is 447 g/mol. The summed E-state index contributed by atoms with van der Waals surface area (Å²) in [7, 11) is 1.55. The van der Waals surface area contributed by atoms with Crippen molar-refractivity contribution in [3.63, 3.8) is 0 Å². The summed E-state index contributed by atoms with van der Waals surface area (Å²) in [5.74, 6) is 0.543. The average molecular weight is 471 g/mol. The molecule has 7 nitrogen and oxygen atoms in total. The molecule has 1 N–H and O–H groups in total. The van der Waals surface area contributed by atoms with Crippen LogP contribution in [0.25, 0.3) is 10.9 Å². The maximum absolute atomic E-state index is 14.4. The molecule has 0 amide bonds. The summed E-state index contributed by atoms with van der Waals surface area (Å²) in [6.45, 7) is 4.88. The molecule has 1 aromatic heterocycles. The number of rotatable bonds is 8. The molecule has 1 fully saturated rings. The van der Waals surface area contributed by atoms with Gasteiger partial charge in [-0.15, -0.1) is 0 Å². The van der Waals surface area contributed by atoms with Crippen LogP contribution >= 0.6 is 11.6 Å². The summed E-state index contributed by atoms with van der Waals surface area (Å²) >= 11 is 5.86. The molecule has 1 aliphatic heterocycles. The summed E-state index contributed by atoms with van der Waals surface area (Å²) < 4.78 is 31.3. The van der Waals surface area contributed by atoms with Gasteiger partial charge in [0, 0.05) is 42.3 Å². The number of methoxy groups -OCH3 is 1. The van der Waals surface area contributed by atoms with E-state index in [-0.39, 0.29) is 16.3 Å². The first kappa shape index (κ1) is 23.1. The van der Waals surface area contributed by atoms with Crippen LogP contribution in [0, 0.1) is 17.1 Å². The van der Waals surface area contributed by atoms with E-state index in [9.17, 15) is 9.65 Å². The van der Waals surface area contributed by atoms with Crippen molar-refractivity contribution in [2.24, 2.45) is 0 Å². The van der Waals surface area contributed by atoms with Crippen LogP contribution in [0.3, 0.4) is 0 Å². The van der Waals surface area contributed by atoms with Crippen molar-refractivity contribution in [1.82, 2.24) is 9.88 Å². The Bertz CT molecular complexity index is 1180. The number of hydrogen-bond donors (Lipinski definition) is 1. The molecule has 0 radical (unpaired) electrons. The molecule has 1 saturated heterocycles. The molecular formula is C24H24ClFN4O3. The number of pyridine rings is 1. The zero-order valence-electron chi connectivity index (χ0n) is 18.2. The van der Waals surface area contributed by atoms with Crippen LogP contribution in [-0.4, -0.2) is 56.4 Å². The molecule has 0 aliphatic carbocycles. The number of anilines is 2. The molecule has 9 heteroatoms. The molecule has 0 saturated carbocycles. The highest BCUT2D eigenvalue weighted by Crippen LogP contribution is 2.37. The van der Waals surface area contributed by atoms with Gasteiger partial charge < -0.3 is 19.5 Å². The number of aromatic nitrogens is 1. The number of ether oxygens (including phenoxy) is 3. The Kier molecular flexibility index (Phi) is 7.45. The van der Waals surface area contributed by atoms with Gasteiger partial charge in [-0.05, 0) is 30.7 Å². The fourth-order valence-corrected chi connectivity index (χ4v) is 3.87. The number of morpholine rings is 1. The lowest BCUT2D eigenvalue weighted by Gasteiger charge is -2.26. The molecule has 0 unspecified atom stereocenters. The van der Waals surface area contributed by atoms with Crippen molar-refractivity contribution >= 4 is 33.9 Å².